The fourth-order valence-electron chi connectivity index (χ4n) is 1.86. The quantitative estimate of drug-likeness (QED) is 0.379. The topological polar surface area (TPSA) is 60.2 Å². The largest absolute Gasteiger partial charge is 0.295 e. The second kappa shape index (κ2) is 3.68. The van der Waals surface area contributed by atoms with Crippen molar-refractivity contribution in [3.05, 3.63) is 22.3 Å². The zero-order valence-electron chi connectivity index (χ0n) is 7.66. The molecule has 1 rings (SSSR count). The van der Waals surface area contributed by atoms with E-state index in [-0.39, 0.29) is 16.6 Å². The van der Waals surface area contributed by atoms with E-state index in [4.69, 9.17) is 0 Å². The zero-order chi connectivity index (χ0) is 10.0. The summed E-state index contributed by atoms with van der Waals surface area (Å²) in [5.74, 6) is -0.355. The third-order valence-electron chi connectivity index (χ3n) is 2.65. The van der Waals surface area contributed by atoms with Crippen LogP contribution in [0.15, 0.2) is 12.2 Å². The molecule has 4 nitrogen and oxygen atoms in total. The van der Waals surface area contributed by atoms with Crippen LogP contribution in [0.5, 0.6) is 0 Å². The molecule has 0 aromatic rings. The summed E-state index contributed by atoms with van der Waals surface area (Å²) in [6.45, 7) is 5.03. The van der Waals surface area contributed by atoms with E-state index in [1.165, 1.54) is 6.92 Å². The Morgan fingerprint density at radius 1 is 1.54 bits per heavy atom. The Balaban J connectivity index is 2.74. The molecule has 2 unspecified atom stereocenters. The van der Waals surface area contributed by atoms with Gasteiger partial charge in [0.15, 0.2) is 5.78 Å². The van der Waals surface area contributed by atoms with Crippen molar-refractivity contribution in [3.63, 3.8) is 0 Å². The Morgan fingerprint density at radius 2 is 2.15 bits per heavy atom. The Labute approximate surface area is 76.8 Å². The Hall–Kier alpha value is -1.19. The third-order valence-corrected chi connectivity index (χ3v) is 2.65. The van der Waals surface area contributed by atoms with Gasteiger partial charge in [-0.05, 0) is 25.3 Å². The Morgan fingerprint density at radius 3 is 2.62 bits per heavy atom. The summed E-state index contributed by atoms with van der Waals surface area (Å²) in [6, 6.07) is -0.587. The summed E-state index contributed by atoms with van der Waals surface area (Å²) >= 11 is 0. The molecule has 72 valence electrons. The summed E-state index contributed by atoms with van der Waals surface area (Å²) in [4.78, 5) is 21.3. The molecule has 1 saturated carbocycles. The summed E-state index contributed by atoms with van der Waals surface area (Å²) in [5, 5.41) is 10.6. The maximum atomic E-state index is 11.0. The highest BCUT2D eigenvalue weighted by Crippen LogP contribution is 2.32. The molecule has 0 heterocycles. The fourth-order valence-corrected chi connectivity index (χ4v) is 1.86. The number of Topliss-reactive ketones (excluding diaryl/α,β-unsaturated/α-hetero) is 1. The van der Waals surface area contributed by atoms with E-state index in [0.717, 1.165) is 12.8 Å². The van der Waals surface area contributed by atoms with Gasteiger partial charge >= 0.3 is 0 Å². The van der Waals surface area contributed by atoms with Crippen LogP contribution in [0, 0.1) is 16.0 Å². The van der Waals surface area contributed by atoms with E-state index in [1.807, 2.05) is 0 Å². The normalized spacial score (nSPS) is 27.2. The summed E-state index contributed by atoms with van der Waals surface area (Å²) in [5.41, 5.74) is 0.416. The fraction of sp³-hybridized carbons (Fsp3) is 0.667. The van der Waals surface area contributed by atoms with E-state index < -0.39 is 6.04 Å². The second-order valence-electron chi connectivity index (χ2n) is 3.47. The molecular formula is C9H13NO3. The first-order valence-electron chi connectivity index (χ1n) is 4.37. The lowest BCUT2D eigenvalue weighted by molar-refractivity contribution is -0.526. The van der Waals surface area contributed by atoms with Crippen molar-refractivity contribution in [2.75, 3.05) is 0 Å². The molecule has 2 atom stereocenters. The molecule has 13 heavy (non-hydrogen) atoms. The second-order valence-corrected chi connectivity index (χ2v) is 3.47. The third kappa shape index (κ3) is 1.94. The van der Waals surface area contributed by atoms with Crippen molar-refractivity contribution in [1.82, 2.24) is 0 Å². The lowest BCUT2D eigenvalue weighted by atomic mass is 9.93. The van der Waals surface area contributed by atoms with Crippen molar-refractivity contribution in [2.45, 2.75) is 32.2 Å². The Bertz CT molecular complexity index is 260. The van der Waals surface area contributed by atoms with Crippen LogP contribution in [0.3, 0.4) is 0 Å². The number of carbonyl (C=O) groups excluding carboxylic acids is 1. The van der Waals surface area contributed by atoms with Crippen LogP contribution in [0.2, 0.25) is 0 Å². The number of hydrogen-bond donors (Lipinski definition) is 0. The minimum Gasteiger partial charge on any atom is -0.295 e. The van der Waals surface area contributed by atoms with E-state index in [9.17, 15) is 14.9 Å². The molecule has 0 radical (unpaired) electrons. The number of ketones is 1. The molecule has 0 bridgehead atoms. The van der Waals surface area contributed by atoms with Gasteiger partial charge in [0.1, 0.15) is 0 Å². The number of rotatable bonds is 3. The van der Waals surface area contributed by atoms with Crippen LogP contribution in [0.1, 0.15) is 26.2 Å². The molecule has 0 aromatic heterocycles. The van der Waals surface area contributed by atoms with Crippen molar-refractivity contribution in [1.29, 1.82) is 0 Å². The maximum Gasteiger partial charge on any atom is 0.220 e. The predicted octanol–water partition coefficient (Wildman–Crippen LogP) is 1.58. The molecule has 1 fully saturated rings. The van der Waals surface area contributed by atoms with Gasteiger partial charge in [0.2, 0.25) is 6.04 Å². The first kappa shape index (κ1) is 9.89. The highest BCUT2D eigenvalue weighted by Gasteiger charge is 2.38. The molecule has 4 heteroatoms. The maximum absolute atomic E-state index is 11.0. The minimum absolute atomic E-state index is 0.126. The Kier molecular flexibility index (Phi) is 2.80. The summed E-state index contributed by atoms with van der Waals surface area (Å²) < 4.78 is 0. The SMILES string of the molecule is C=C(C(C)=O)C1CCCC1[N+](=O)[O-]. The highest BCUT2D eigenvalue weighted by molar-refractivity contribution is 5.93. The van der Waals surface area contributed by atoms with E-state index in [2.05, 4.69) is 6.58 Å². The van der Waals surface area contributed by atoms with Gasteiger partial charge in [-0.3, -0.25) is 14.9 Å². The molecule has 1 aliphatic carbocycles. The number of hydrogen-bond acceptors (Lipinski definition) is 3. The number of carbonyl (C=O) groups is 1. The molecule has 0 aliphatic heterocycles. The first-order chi connectivity index (χ1) is 6.04. The summed E-state index contributed by atoms with van der Waals surface area (Å²) in [7, 11) is 0. The molecule has 0 saturated heterocycles. The summed E-state index contributed by atoms with van der Waals surface area (Å²) in [6.07, 6.45) is 2.12. The van der Waals surface area contributed by atoms with Crippen molar-refractivity contribution >= 4 is 5.78 Å². The van der Waals surface area contributed by atoms with E-state index in [1.54, 1.807) is 0 Å². The van der Waals surface area contributed by atoms with Crippen LogP contribution >= 0.6 is 0 Å². The van der Waals surface area contributed by atoms with Gasteiger partial charge < -0.3 is 0 Å². The number of nitro groups is 1. The standard InChI is InChI=1S/C9H13NO3/c1-6(7(2)11)8-4-3-5-9(8)10(12)13/h8-9H,1,3-5H2,2H3. The van der Waals surface area contributed by atoms with Gasteiger partial charge in [0.25, 0.3) is 0 Å². The van der Waals surface area contributed by atoms with E-state index in [0.29, 0.717) is 12.0 Å². The van der Waals surface area contributed by atoms with Gasteiger partial charge in [-0.25, -0.2) is 0 Å². The van der Waals surface area contributed by atoms with E-state index >= 15 is 0 Å². The smallest absolute Gasteiger partial charge is 0.220 e. The lowest BCUT2D eigenvalue weighted by Crippen LogP contribution is -2.26. The monoisotopic (exact) mass is 183 g/mol. The van der Waals surface area contributed by atoms with Crippen LogP contribution in [0.4, 0.5) is 0 Å². The lowest BCUT2D eigenvalue weighted by Gasteiger charge is -2.12. The molecule has 0 spiro atoms. The van der Waals surface area contributed by atoms with Crippen molar-refractivity contribution in [3.8, 4) is 0 Å². The van der Waals surface area contributed by atoms with Crippen LogP contribution < -0.4 is 0 Å². The predicted molar refractivity (Wildman–Crippen MR) is 47.9 cm³/mol. The van der Waals surface area contributed by atoms with Crippen LogP contribution in [-0.4, -0.2) is 16.7 Å². The van der Waals surface area contributed by atoms with Crippen LogP contribution in [-0.2, 0) is 4.79 Å². The van der Waals surface area contributed by atoms with Gasteiger partial charge in [-0.15, -0.1) is 0 Å². The minimum atomic E-state index is -0.587. The van der Waals surface area contributed by atoms with Crippen molar-refractivity contribution < 1.29 is 9.72 Å². The zero-order valence-corrected chi connectivity index (χ0v) is 7.66. The van der Waals surface area contributed by atoms with Crippen LogP contribution in [0.25, 0.3) is 0 Å². The highest BCUT2D eigenvalue weighted by atomic mass is 16.6. The number of nitrogens with zero attached hydrogens (tertiary/aromatic N) is 1. The van der Waals surface area contributed by atoms with Gasteiger partial charge in [0, 0.05) is 11.3 Å². The molecular weight excluding hydrogens is 170 g/mol. The van der Waals surface area contributed by atoms with Crippen molar-refractivity contribution in [2.24, 2.45) is 5.92 Å². The van der Waals surface area contributed by atoms with Gasteiger partial charge in [-0.1, -0.05) is 6.58 Å². The molecule has 0 amide bonds. The average Bonchev–Trinajstić information content (AvgIpc) is 2.50. The average molecular weight is 183 g/mol. The van der Waals surface area contributed by atoms with Gasteiger partial charge in [0.05, 0.1) is 5.92 Å². The molecule has 0 N–H and O–H groups in total. The first-order valence-corrected chi connectivity index (χ1v) is 4.37. The molecule has 0 aromatic carbocycles. The molecule has 1 aliphatic rings. The van der Waals surface area contributed by atoms with Gasteiger partial charge in [-0.2, -0.15) is 0 Å².